The second kappa shape index (κ2) is 9.14. The Kier molecular flexibility index (Phi) is 6.39. The van der Waals surface area contributed by atoms with Crippen LogP contribution in [0.15, 0.2) is 60.7 Å². The molecule has 0 spiro atoms. The van der Waals surface area contributed by atoms with Crippen molar-refractivity contribution >= 4 is 11.9 Å². The van der Waals surface area contributed by atoms with Crippen molar-refractivity contribution in [3.8, 4) is 16.9 Å². The van der Waals surface area contributed by atoms with Crippen LogP contribution < -0.4 is 5.32 Å². The number of hydrogen-bond acceptors (Lipinski definition) is 4. The van der Waals surface area contributed by atoms with E-state index < -0.39 is 17.9 Å². The Bertz CT molecular complexity index is 968. The van der Waals surface area contributed by atoms with E-state index in [0.717, 1.165) is 11.3 Å². The molecule has 0 aliphatic heterocycles. The molecule has 0 saturated carbocycles. The fourth-order valence-electron chi connectivity index (χ4n) is 3.16. The molecule has 3 rings (SSSR count). The van der Waals surface area contributed by atoms with Crippen LogP contribution in [0.3, 0.4) is 0 Å². The third-order valence-electron chi connectivity index (χ3n) is 4.46. The predicted molar refractivity (Wildman–Crippen MR) is 110 cm³/mol. The summed E-state index contributed by atoms with van der Waals surface area (Å²) in [5.74, 6) is -1.28. The minimum Gasteiger partial charge on any atom is -0.480 e. The van der Waals surface area contributed by atoms with Gasteiger partial charge in [-0.25, -0.2) is 9.48 Å². The topological polar surface area (TPSA) is 97.1 Å². The molecule has 2 aromatic carbocycles. The molecule has 0 aliphatic rings. The first-order chi connectivity index (χ1) is 14.0. The number of amides is 1. The first-order valence-electron chi connectivity index (χ1n) is 9.53. The largest absolute Gasteiger partial charge is 0.480 e. The van der Waals surface area contributed by atoms with Gasteiger partial charge in [0.2, 0.25) is 5.91 Å². The SMILES string of the molecule is CC(C)CC(NC(=O)Cc1nnn(-c2ccccc2)c1-c1ccccc1)C(=O)O. The van der Waals surface area contributed by atoms with Gasteiger partial charge in [0, 0.05) is 5.56 Å². The van der Waals surface area contributed by atoms with Crippen LogP contribution in [-0.2, 0) is 16.0 Å². The number of benzene rings is 2. The third kappa shape index (κ3) is 5.07. The molecule has 0 bridgehead atoms. The molecule has 1 unspecified atom stereocenters. The maximum atomic E-state index is 12.6. The van der Waals surface area contributed by atoms with Crippen molar-refractivity contribution in [2.45, 2.75) is 32.7 Å². The van der Waals surface area contributed by atoms with E-state index in [2.05, 4.69) is 15.6 Å². The van der Waals surface area contributed by atoms with Crippen molar-refractivity contribution in [3.05, 3.63) is 66.4 Å². The monoisotopic (exact) mass is 392 g/mol. The van der Waals surface area contributed by atoms with Gasteiger partial charge in [-0.3, -0.25) is 4.79 Å². The number of hydrogen-bond donors (Lipinski definition) is 2. The first kappa shape index (κ1) is 20.3. The lowest BCUT2D eigenvalue weighted by atomic mass is 10.0. The number of aromatic nitrogens is 3. The Morgan fingerprint density at radius 3 is 2.24 bits per heavy atom. The van der Waals surface area contributed by atoms with Crippen LogP contribution in [0, 0.1) is 5.92 Å². The number of nitrogens with one attached hydrogen (secondary N) is 1. The Morgan fingerprint density at radius 1 is 1.03 bits per heavy atom. The molecule has 0 fully saturated rings. The average Bonchev–Trinajstić information content (AvgIpc) is 3.11. The van der Waals surface area contributed by atoms with Crippen LogP contribution in [0.2, 0.25) is 0 Å². The molecule has 2 N–H and O–H groups in total. The lowest BCUT2D eigenvalue weighted by molar-refractivity contribution is -0.142. The fraction of sp³-hybridized carbons (Fsp3) is 0.273. The molecule has 7 nitrogen and oxygen atoms in total. The number of aliphatic carboxylic acids is 1. The predicted octanol–water partition coefficient (Wildman–Crippen LogP) is 3.09. The van der Waals surface area contributed by atoms with Gasteiger partial charge in [-0.2, -0.15) is 0 Å². The minimum atomic E-state index is -1.04. The van der Waals surface area contributed by atoms with Crippen LogP contribution in [0.4, 0.5) is 0 Å². The molecule has 1 aromatic heterocycles. The van der Waals surface area contributed by atoms with E-state index in [1.54, 1.807) is 4.68 Å². The Balaban J connectivity index is 1.91. The molecular weight excluding hydrogens is 368 g/mol. The van der Waals surface area contributed by atoms with Crippen molar-refractivity contribution in [2.24, 2.45) is 5.92 Å². The van der Waals surface area contributed by atoms with E-state index in [1.165, 1.54) is 0 Å². The number of nitrogens with zero attached hydrogens (tertiary/aromatic N) is 3. The van der Waals surface area contributed by atoms with Crippen molar-refractivity contribution in [2.75, 3.05) is 0 Å². The van der Waals surface area contributed by atoms with E-state index in [-0.39, 0.29) is 12.3 Å². The van der Waals surface area contributed by atoms with Gasteiger partial charge >= 0.3 is 5.97 Å². The number of para-hydroxylation sites is 1. The van der Waals surface area contributed by atoms with E-state index >= 15 is 0 Å². The highest BCUT2D eigenvalue weighted by Gasteiger charge is 2.24. The molecule has 7 heteroatoms. The zero-order valence-electron chi connectivity index (χ0n) is 16.4. The maximum Gasteiger partial charge on any atom is 0.326 e. The zero-order chi connectivity index (χ0) is 20.8. The van der Waals surface area contributed by atoms with Crippen LogP contribution in [0.1, 0.15) is 26.0 Å². The number of carbonyl (C=O) groups excluding carboxylic acids is 1. The molecule has 3 aromatic rings. The van der Waals surface area contributed by atoms with Crippen LogP contribution in [0.5, 0.6) is 0 Å². The van der Waals surface area contributed by atoms with Gasteiger partial charge in [-0.15, -0.1) is 5.10 Å². The summed E-state index contributed by atoms with van der Waals surface area (Å²) in [5.41, 5.74) is 2.91. The minimum absolute atomic E-state index is 0.0566. The molecule has 1 heterocycles. The van der Waals surface area contributed by atoms with Gasteiger partial charge in [0.05, 0.1) is 17.8 Å². The summed E-state index contributed by atoms with van der Waals surface area (Å²) in [6.07, 6.45) is 0.308. The highest BCUT2D eigenvalue weighted by atomic mass is 16.4. The van der Waals surface area contributed by atoms with Gasteiger partial charge < -0.3 is 10.4 Å². The molecule has 0 aliphatic carbocycles. The number of carboxylic acid groups (broad SMARTS) is 1. The lowest BCUT2D eigenvalue weighted by Gasteiger charge is -2.16. The van der Waals surface area contributed by atoms with Gasteiger partial charge in [0.15, 0.2) is 0 Å². The normalized spacial score (nSPS) is 12.0. The summed E-state index contributed by atoms with van der Waals surface area (Å²) in [7, 11) is 0. The molecule has 1 atom stereocenters. The van der Waals surface area contributed by atoms with Crippen molar-refractivity contribution < 1.29 is 14.7 Å². The van der Waals surface area contributed by atoms with E-state index in [1.807, 2.05) is 74.5 Å². The molecule has 0 saturated heterocycles. The highest BCUT2D eigenvalue weighted by molar-refractivity contribution is 5.85. The maximum absolute atomic E-state index is 12.6. The first-order valence-corrected chi connectivity index (χ1v) is 9.53. The molecule has 150 valence electrons. The summed E-state index contributed by atoms with van der Waals surface area (Å²) < 4.78 is 1.70. The van der Waals surface area contributed by atoms with Gasteiger partial charge in [0.1, 0.15) is 11.7 Å². The van der Waals surface area contributed by atoms with Crippen LogP contribution in [-0.4, -0.2) is 38.0 Å². The Hall–Kier alpha value is -3.48. The summed E-state index contributed by atoms with van der Waals surface area (Å²) in [6, 6.07) is 18.2. The standard InChI is InChI=1S/C22H24N4O3/c1-15(2)13-19(22(28)29)23-20(27)14-18-21(16-9-5-3-6-10-16)26(25-24-18)17-11-7-4-8-12-17/h3-12,15,19H,13-14H2,1-2H3,(H,23,27)(H,28,29). The third-order valence-corrected chi connectivity index (χ3v) is 4.46. The summed E-state index contributed by atoms with van der Waals surface area (Å²) >= 11 is 0. The fourth-order valence-corrected chi connectivity index (χ4v) is 3.16. The van der Waals surface area contributed by atoms with Gasteiger partial charge in [-0.05, 0) is 24.5 Å². The second-order valence-electron chi connectivity index (χ2n) is 7.26. The average molecular weight is 392 g/mol. The number of carbonyl (C=O) groups is 2. The van der Waals surface area contributed by atoms with Crippen molar-refractivity contribution in [1.29, 1.82) is 0 Å². The molecular formula is C22H24N4O3. The second-order valence-corrected chi connectivity index (χ2v) is 7.26. The number of carboxylic acids is 1. The van der Waals surface area contributed by atoms with Crippen LogP contribution >= 0.6 is 0 Å². The smallest absolute Gasteiger partial charge is 0.326 e. The zero-order valence-corrected chi connectivity index (χ0v) is 16.4. The molecule has 0 radical (unpaired) electrons. The molecule has 29 heavy (non-hydrogen) atoms. The Labute approximate surface area is 169 Å². The quantitative estimate of drug-likeness (QED) is 0.614. The Morgan fingerprint density at radius 2 is 1.66 bits per heavy atom. The van der Waals surface area contributed by atoms with E-state index in [0.29, 0.717) is 17.8 Å². The van der Waals surface area contributed by atoms with Gasteiger partial charge in [-0.1, -0.05) is 67.6 Å². The van der Waals surface area contributed by atoms with Crippen molar-refractivity contribution in [1.82, 2.24) is 20.3 Å². The lowest BCUT2D eigenvalue weighted by Crippen LogP contribution is -2.42. The van der Waals surface area contributed by atoms with Crippen LogP contribution in [0.25, 0.3) is 16.9 Å². The van der Waals surface area contributed by atoms with E-state index in [4.69, 9.17) is 0 Å². The highest BCUT2D eigenvalue weighted by Crippen LogP contribution is 2.25. The molecule has 1 amide bonds. The summed E-state index contributed by atoms with van der Waals surface area (Å²) in [5, 5.41) is 20.5. The van der Waals surface area contributed by atoms with E-state index in [9.17, 15) is 14.7 Å². The number of rotatable bonds is 8. The summed E-state index contributed by atoms with van der Waals surface area (Å²) in [6.45, 7) is 3.84. The van der Waals surface area contributed by atoms with Gasteiger partial charge in [0.25, 0.3) is 0 Å². The van der Waals surface area contributed by atoms with Crippen molar-refractivity contribution in [3.63, 3.8) is 0 Å². The summed E-state index contributed by atoms with van der Waals surface area (Å²) in [4.78, 5) is 24.0.